The zero-order chi connectivity index (χ0) is 12.4. The smallest absolute Gasteiger partial charge is 0.203 e. The van der Waals surface area contributed by atoms with E-state index in [-0.39, 0.29) is 5.78 Å². The third-order valence-corrected chi connectivity index (χ3v) is 4.55. The second-order valence-electron chi connectivity index (χ2n) is 3.58. The lowest BCUT2D eigenvalue weighted by molar-refractivity contribution is 0.104. The van der Waals surface area contributed by atoms with E-state index in [9.17, 15) is 4.79 Å². The molecule has 0 saturated carbocycles. The molecule has 0 aliphatic heterocycles. The van der Waals surface area contributed by atoms with Crippen LogP contribution in [-0.4, -0.2) is 12.9 Å². The standard InChI is InChI=1S/C13H11BrO2S/c1-8-11(14)7-12(17-8)13(15)9-4-3-5-10(6-9)16-2/h3-7H,1-2H3. The van der Waals surface area contributed by atoms with Gasteiger partial charge < -0.3 is 4.74 Å². The van der Waals surface area contributed by atoms with Crippen LogP contribution in [0.1, 0.15) is 20.1 Å². The molecule has 17 heavy (non-hydrogen) atoms. The molecule has 2 nitrogen and oxygen atoms in total. The molecule has 0 atom stereocenters. The lowest BCUT2D eigenvalue weighted by atomic mass is 10.1. The minimum Gasteiger partial charge on any atom is -0.497 e. The lowest BCUT2D eigenvalue weighted by Crippen LogP contribution is -1.98. The number of methoxy groups -OCH3 is 1. The van der Waals surface area contributed by atoms with Crippen molar-refractivity contribution in [1.82, 2.24) is 0 Å². The van der Waals surface area contributed by atoms with E-state index < -0.39 is 0 Å². The fourth-order valence-electron chi connectivity index (χ4n) is 1.48. The summed E-state index contributed by atoms with van der Waals surface area (Å²) < 4.78 is 6.09. The van der Waals surface area contributed by atoms with Gasteiger partial charge >= 0.3 is 0 Å². The number of ether oxygens (including phenoxy) is 1. The summed E-state index contributed by atoms with van der Waals surface area (Å²) in [7, 11) is 1.59. The van der Waals surface area contributed by atoms with Gasteiger partial charge in [0.15, 0.2) is 0 Å². The number of hydrogen-bond acceptors (Lipinski definition) is 3. The van der Waals surface area contributed by atoms with E-state index in [1.165, 1.54) is 11.3 Å². The Morgan fingerprint density at radius 2 is 2.12 bits per heavy atom. The van der Waals surface area contributed by atoms with E-state index in [4.69, 9.17) is 4.74 Å². The van der Waals surface area contributed by atoms with Crippen molar-refractivity contribution >= 4 is 33.0 Å². The highest BCUT2D eigenvalue weighted by molar-refractivity contribution is 9.10. The molecule has 0 aliphatic rings. The first kappa shape index (κ1) is 12.3. The molecular weight excluding hydrogens is 300 g/mol. The molecule has 2 aromatic rings. The van der Waals surface area contributed by atoms with Crippen LogP contribution in [-0.2, 0) is 0 Å². The van der Waals surface area contributed by atoms with Gasteiger partial charge in [0.05, 0.1) is 12.0 Å². The van der Waals surface area contributed by atoms with Gasteiger partial charge in [-0.2, -0.15) is 0 Å². The van der Waals surface area contributed by atoms with Gasteiger partial charge in [0, 0.05) is 14.9 Å². The molecule has 0 amide bonds. The Morgan fingerprint density at radius 3 is 2.71 bits per heavy atom. The van der Waals surface area contributed by atoms with Crippen LogP contribution in [0.3, 0.4) is 0 Å². The van der Waals surface area contributed by atoms with E-state index >= 15 is 0 Å². The van der Waals surface area contributed by atoms with E-state index in [0.29, 0.717) is 11.3 Å². The number of aryl methyl sites for hydroxylation is 1. The van der Waals surface area contributed by atoms with Gasteiger partial charge in [-0.3, -0.25) is 4.79 Å². The first-order valence-corrected chi connectivity index (χ1v) is 6.67. The molecule has 0 fully saturated rings. The van der Waals surface area contributed by atoms with Crippen LogP contribution < -0.4 is 4.74 Å². The average Bonchev–Trinajstić information content (AvgIpc) is 2.69. The number of hydrogen-bond donors (Lipinski definition) is 0. The van der Waals surface area contributed by atoms with Crippen LogP contribution in [0.25, 0.3) is 0 Å². The topological polar surface area (TPSA) is 26.3 Å². The number of thiophene rings is 1. The van der Waals surface area contributed by atoms with Gasteiger partial charge in [-0.25, -0.2) is 0 Å². The highest BCUT2D eigenvalue weighted by Crippen LogP contribution is 2.28. The Labute approximate surface area is 112 Å². The fourth-order valence-corrected chi connectivity index (χ4v) is 2.98. The number of rotatable bonds is 3. The largest absolute Gasteiger partial charge is 0.497 e. The van der Waals surface area contributed by atoms with E-state index in [2.05, 4.69) is 15.9 Å². The fraction of sp³-hybridized carbons (Fsp3) is 0.154. The number of ketones is 1. The van der Waals surface area contributed by atoms with Crippen LogP contribution in [0.5, 0.6) is 5.75 Å². The molecule has 0 unspecified atom stereocenters. The summed E-state index contributed by atoms with van der Waals surface area (Å²) >= 11 is 4.91. The summed E-state index contributed by atoms with van der Waals surface area (Å²) in [6, 6.07) is 9.06. The van der Waals surface area contributed by atoms with Crippen LogP contribution in [0, 0.1) is 6.92 Å². The minimum atomic E-state index is 0.0303. The van der Waals surface area contributed by atoms with Gasteiger partial charge in [0.1, 0.15) is 5.75 Å². The molecule has 4 heteroatoms. The molecule has 0 saturated heterocycles. The quantitative estimate of drug-likeness (QED) is 0.799. The molecular formula is C13H11BrO2S. The van der Waals surface area contributed by atoms with E-state index in [0.717, 1.165) is 14.2 Å². The lowest BCUT2D eigenvalue weighted by Gasteiger charge is -2.02. The van der Waals surface area contributed by atoms with Crippen molar-refractivity contribution in [2.24, 2.45) is 0 Å². The second kappa shape index (κ2) is 5.02. The van der Waals surface area contributed by atoms with Crippen LogP contribution in [0.4, 0.5) is 0 Å². The summed E-state index contributed by atoms with van der Waals surface area (Å²) in [5.41, 5.74) is 0.651. The number of halogens is 1. The first-order chi connectivity index (χ1) is 8.11. The molecule has 1 heterocycles. The third kappa shape index (κ3) is 2.58. The third-order valence-electron chi connectivity index (χ3n) is 2.41. The van der Waals surface area contributed by atoms with Crippen molar-refractivity contribution in [3.63, 3.8) is 0 Å². The Balaban J connectivity index is 2.36. The molecule has 0 N–H and O–H groups in total. The van der Waals surface area contributed by atoms with Crippen molar-refractivity contribution in [2.75, 3.05) is 7.11 Å². The van der Waals surface area contributed by atoms with E-state index in [1.54, 1.807) is 19.2 Å². The maximum atomic E-state index is 12.2. The van der Waals surface area contributed by atoms with Gasteiger partial charge in [0.2, 0.25) is 5.78 Å². The number of benzene rings is 1. The van der Waals surface area contributed by atoms with Gasteiger partial charge in [-0.15, -0.1) is 11.3 Å². The number of carbonyl (C=O) groups excluding carboxylic acids is 1. The molecule has 1 aromatic carbocycles. The van der Waals surface area contributed by atoms with Gasteiger partial charge in [-0.05, 0) is 41.1 Å². The highest BCUT2D eigenvalue weighted by Gasteiger charge is 2.13. The Morgan fingerprint density at radius 1 is 1.35 bits per heavy atom. The van der Waals surface area contributed by atoms with Crippen LogP contribution in [0.15, 0.2) is 34.8 Å². The zero-order valence-corrected chi connectivity index (χ0v) is 11.9. The van der Waals surface area contributed by atoms with Crippen LogP contribution >= 0.6 is 27.3 Å². The predicted octanol–water partition coefficient (Wildman–Crippen LogP) is 4.06. The monoisotopic (exact) mass is 310 g/mol. The highest BCUT2D eigenvalue weighted by atomic mass is 79.9. The van der Waals surface area contributed by atoms with Crippen molar-refractivity contribution in [3.05, 3.63) is 50.1 Å². The van der Waals surface area contributed by atoms with Crippen LogP contribution in [0.2, 0.25) is 0 Å². The van der Waals surface area contributed by atoms with E-state index in [1.807, 2.05) is 25.1 Å². The normalized spacial score (nSPS) is 10.3. The summed E-state index contributed by atoms with van der Waals surface area (Å²) in [5.74, 6) is 0.728. The summed E-state index contributed by atoms with van der Waals surface area (Å²) in [6.45, 7) is 1.98. The Kier molecular flexibility index (Phi) is 3.64. The maximum absolute atomic E-state index is 12.2. The summed E-state index contributed by atoms with van der Waals surface area (Å²) in [4.78, 5) is 14.1. The summed E-state index contributed by atoms with van der Waals surface area (Å²) in [5, 5.41) is 0. The van der Waals surface area contributed by atoms with Gasteiger partial charge in [0.25, 0.3) is 0 Å². The summed E-state index contributed by atoms with van der Waals surface area (Å²) in [6.07, 6.45) is 0. The Bertz CT molecular complexity index is 541. The minimum absolute atomic E-state index is 0.0303. The zero-order valence-electron chi connectivity index (χ0n) is 9.49. The number of carbonyl (C=O) groups is 1. The van der Waals surface area contributed by atoms with Crippen molar-refractivity contribution in [1.29, 1.82) is 0 Å². The molecule has 88 valence electrons. The average molecular weight is 311 g/mol. The molecule has 0 aliphatic carbocycles. The molecule has 0 radical (unpaired) electrons. The SMILES string of the molecule is COc1cccc(C(=O)c2cc(Br)c(C)s2)c1. The molecule has 0 bridgehead atoms. The van der Waals surface area contributed by atoms with Gasteiger partial charge in [-0.1, -0.05) is 12.1 Å². The van der Waals surface area contributed by atoms with Crippen molar-refractivity contribution in [2.45, 2.75) is 6.92 Å². The predicted molar refractivity (Wildman–Crippen MR) is 73.2 cm³/mol. The first-order valence-electron chi connectivity index (χ1n) is 5.06. The molecule has 2 rings (SSSR count). The maximum Gasteiger partial charge on any atom is 0.203 e. The molecule has 0 spiro atoms. The Hall–Kier alpha value is -1.13. The molecule has 1 aromatic heterocycles. The second-order valence-corrected chi connectivity index (χ2v) is 5.69. The van der Waals surface area contributed by atoms with Crippen molar-refractivity contribution < 1.29 is 9.53 Å². The van der Waals surface area contributed by atoms with Crippen molar-refractivity contribution in [3.8, 4) is 5.75 Å².